The Morgan fingerprint density at radius 3 is 2.54 bits per heavy atom. The van der Waals surface area contributed by atoms with E-state index >= 15 is 0 Å². The van der Waals surface area contributed by atoms with Crippen molar-refractivity contribution in [3.05, 3.63) is 78.2 Å². The number of halogens is 1. The Hall–Kier alpha value is -2.95. The molecule has 0 radical (unpaired) electrons. The number of nitrogens with zero attached hydrogens (tertiary/aromatic N) is 3. The zero-order valence-corrected chi connectivity index (χ0v) is 13.5. The normalized spacial score (nSPS) is 10.4. The molecule has 24 heavy (non-hydrogen) atoms. The van der Waals surface area contributed by atoms with Crippen molar-refractivity contribution in [1.82, 2.24) is 9.97 Å². The van der Waals surface area contributed by atoms with E-state index in [1.54, 1.807) is 18.3 Å². The average Bonchev–Trinajstić information content (AvgIpc) is 2.64. The zero-order valence-electron chi connectivity index (χ0n) is 13.5. The lowest BCUT2D eigenvalue weighted by molar-refractivity contribution is 0.610. The fraction of sp³-hybridized carbons (Fsp3) is 0.158. The predicted molar refractivity (Wildman–Crippen MR) is 95.1 cm³/mol. The second-order valence-corrected chi connectivity index (χ2v) is 5.40. The zero-order chi connectivity index (χ0) is 16.8. The second kappa shape index (κ2) is 7.55. The van der Waals surface area contributed by atoms with E-state index in [4.69, 9.17) is 0 Å². The summed E-state index contributed by atoms with van der Waals surface area (Å²) < 4.78 is 13.6. The van der Waals surface area contributed by atoms with Gasteiger partial charge in [0.1, 0.15) is 11.6 Å². The van der Waals surface area contributed by atoms with Gasteiger partial charge in [-0.3, -0.25) is 0 Å². The smallest absolute Gasteiger partial charge is 0.231 e. The maximum absolute atomic E-state index is 13.6. The van der Waals surface area contributed by atoms with Gasteiger partial charge >= 0.3 is 0 Å². The molecule has 5 heteroatoms. The maximum atomic E-state index is 13.6. The van der Waals surface area contributed by atoms with E-state index in [1.807, 2.05) is 54.4 Å². The van der Waals surface area contributed by atoms with Gasteiger partial charge < -0.3 is 10.2 Å². The van der Waals surface area contributed by atoms with E-state index in [9.17, 15) is 4.39 Å². The van der Waals surface area contributed by atoms with Crippen LogP contribution < -0.4 is 10.2 Å². The van der Waals surface area contributed by atoms with Crippen LogP contribution in [0.3, 0.4) is 0 Å². The van der Waals surface area contributed by atoms with E-state index in [-0.39, 0.29) is 5.82 Å². The van der Waals surface area contributed by atoms with E-state index in [2.05, 4.69) is 15.3 Å². The van der Waals surface area contributed by atoms with E-state index in [0.29, 0.717) is 24.5 Å². The Labute approximate surface area is 141 Å². The van der Waals surface area contributed by atoms with Crippen LogP contribution in [0.4, 0.5) is 21.8 Å². The summed E-state index contributed by atoms with van der Waals surface area (Å²) in [6.45, 7) is 0.604. The SMILES string of the molecule is CN(c1ccccc1)c1nccc(NCCc2ccccc2F)n1. The molecule has 1 N–H and O–H groups in total. The molecule has 0 unspecified atom stereocenters. The van der Waals surface area contributed by atoms with Crippen molar-refractivity contribution in [3.63, 3.8) is 0 Å². The number of benzene rings is 2. The summed E-state index contributed by atoms with van der Waals surface area (Å²) in [4.78, 5) is 10.7. The Morgan fingerprint density at radius 2 is 1.75 bits per heavy atom. The van der Waals surface area contributed by atoms with Gasteiger partial charge in [-0.25, -0.2) is 9.37 Å². The third kappa shape index (κ3) is 3.87. The Balaban J connectivity index is 1.64. The molecule has 0 amide bonds. The number of hydrogen-bond acceptors (Lipinski definition) is 4. The van der Waals surface area contributed by atoms with Gasteiger partial charge in [0, 0.05) is 25.5 Å². The first-order chi connectivity index (χ1) is 11.7. The van der Waals surface area contributed by atoms with Crippen LogP contribution in [0, 0.1) is 5.82 Å². The lowest BCUT2D eigenvalue weighted by atomic mass is 10.1. The van der Waals surface area contributed by atoms with Crippen LogP contribution in [0.25, 0.3) is 0 Å². The van der Waals surface area contributed by atoms with Crippen molar-refractivity contribution in [2.24, 2.45) is 0 Å². The van der Waals surface area contributed by atoms with Gasteiger partial charge in [-0.1, -0.05) is 36.4 Å². The van der Waals surface area contributed by atoms with Gasteiger partial charge in [0.25, 0.3) is 0 Å². The van der Waals surface area contributed by atoms with Crippen molar-refractivity contribution in [1.29, 1.82) is 0 Å². The number of hydrogen-bond donors (Lipinski definition) is 1. The molecule has 0 spiro atoms. The van der Waals surface area contributed by atoms with E-state index in [0.717, 1.165) is 11.5 Å². The van der Waals surface area contributed by atoms with Gasteiger partial charge in [0.15, 0.2) is 0 Å². The molecule has 1 aromatic heterocycles. The first-order valence-electron chi connectivity index (χ1n) is 7.83. The number of anilines is 3. The second-order valence-electron chi connectivity index (χ2n) is 5.40. The van der Waals surface area contributed by atoms with E-state index in [1.165, 1.54) is 6.07 Å². The average molecular weight is 322 g/mol. The molecule has 3 aromatic rings. The van der Waals surface area contributed by atoms with E-state index < -0.39 is 0 Å². The largest absolute Gasteiger partial charge is 0.370 e. The fourth-order valence-electron chi connectivity index (χ4n) is 2.40. The summed E-state index contributed by atoms with van der Waals surface area (Å²) >= 11 is 0. The van der Waals surface area contributed by atoms with Crippen LogP contribution >= 0.6 is 0 Å². The standard InChI is InChI=1S/C19H19FN4/c1-24(16-8-3-2-4-9-16)19-22-14-12-18(23-19)21-13-11-15-7-5-6-10-17(15)20/h2-10,12,14H,11,13H2,1H3,(H,21,22,23). The van der Waals surface area contributed by atoms with Gasteiger partial charge in [-0.2, -0.15) is 4.98 Å². The van der Waals surface area contributed by atoms with Crippen molar-refractivity contribution in [3.8, 4) is 0 Å². The molecular weight excluding hydrogens is 303 g/mol. The number of nitrogens with one attached hydrogen (secondary N) is 1. The molecule has 0 fully saturated rings. The molecule has 0 bridgehead atoms. The fourth-order valence-corrected chi connectivity index (χ4v) is 2.40. The van der Waals surface area contributed by atoms with Crippen LogP contribution in [-0.2, 0) is 6.42 Å². The Bertz CT molecular complexity index is 792. The molecular formula is C19H19FN4. The summed E-state index contributed by atoms with van der Waals surface area (Å²) in [7, 11) is 1.92. The molecule has 0 aliphatic carbocycles. The molecule has 0 aliphatic rings. The van der Waals surface area contributed by atoms with Crippen LogP contribution in [0.5, 0.6) is 0 Å². The first kappa shape index (κ1) is 15.9. The van der Waals surface area contributed by atoms with Gasteiger partial charge in [0.2, 0.25) is 5.95 Å². The minimum atomic E-state index is -0.175. The molecule has 0 saturated heterocycles. The number of para-hydroxylation sites is 1. The van der Waals surface area contributed by atoms with Crippen molar-refractivity contribution < 1.29 is 4.39 Å². The molecule has 4 nitrogen and oxygen atoms in total. The molecule has 3 rings (SSSR count). The summed E-state index contributed by atoms with van der Waals surface area (Å²) in [5.74, 6) is 1.16. The van der Waals surface area contributed by atoms with Gasteiger partial charge in [0.05, 0.1) is 0 Å². The summed E-state index contributed by atoms with van der Waals surface area (Å²) in [6.07, 6.45) is 2.31. The van der Waals surface area contributed by atoms with Crippen molar-refractivity contribution in [2.45, 2.75) is 6.42 Å². The quantitative estimate of drug-likeness (QED) is 0.744. The summed E-state index contributed by atoms with van der Waals surface area (Å²) in [5, 5.41) is 3.22. The highest BCUT2D eigenvalue weighted by atomic mass is 19.1. The number of aromatic nitrogens is 2. The van der Waals surface area contributed by atoms with Crippen LogP contribution in [0.15, 0.2) is 66.9 Å². The highest BCUT2D eigenvalue weighted by Gasteiger charge is 2.07. The predicted octanol–water partition coefficient (Wildman–Crippen LogP) is 4.04. The minimum absolute atomic E-state index is 0.175. The molecule has 1 heterocycles. The molecule has 0 aliphatic heterocycles. The topological polar surface area (TPSA) is 41.1 Å². The van der Waals surface area contributed by atoms with Crippen molar-refractivity contribution in [2.75, 3.05) is 23.8 Å². The maximum Gasteiger partial charge on any atom is 0.231 e. The molecule has 2 aromatic carbocycles. The van der Waals surface area contributed by atoms with Crippen LogP contribution in [-0.4, -0.2) is 23.6 Å². The molecule has 0 atom stereocenters. The van der Waals surface area contributed by atoms with Crippen LogP contribution in [0.1, 0.15) is 5.56 Å². The number of rotatable bonds is 6. The Morgan fingerprint density at radius 1 is 1.00 bits per heavy atom. The first-order valence-corrected chi connectivity index (χ1v) is 7.83. The van der Waals surface area contributed by atoms with Crippen molar-refractivity contribution >= 4 is 17.5 Å². The lowest BCUT2D eigenvalue weighted by Crippen LogP contribution is -2.14. The third-order valence-electron chi connectivity index (χ3n) is 3.74. The lowest BCUT2D eigenvalue weighted by Gasteiger charge is -2.17. The highest BCUT2D eigenvalue weighted by Crippen LogP contribution is 2.20. The monoisotopic (exact) mass is 322 g/mol. The minimum Gasteiger partial charge on any atom is -0.370 e. The highest BCUT2D eigenvalue weighted by molar-refractivity contribution is 5.57. The third-order valence-corrected chi connectivity index (χ3v) is 3.74. The summed E-state index contributed by atoms with van der Waals surface area (Å²) in [6, 6.07) is 18.5. The van der Waals surface area contributed by atoms with Crippen LogP contribution in [0.2, 0.25) is 0 Å². The summed E-state index contributed by atoms with van der Waals surface area (Å²) in [5.41, 5.74) is 1.71. The van der Waals surface area contributed by atoms with Gasteiger partial charge in [-0.15, -0.1) is 0 Å². The Kier molecular flexibility index (Phi) is 5.01. The molecule has 0 saturated carbocycles. The molecule has 122 valence electrons. The van der Waals surface area contributed by atoms with Gasteiger partial charge in [-0.05, 0) is 36.2 Å².